The quantitative estimate of drug-likeness (QED) is 0.345. The highest BCUT2D eigenvalue weighted by Gasteiger charge is 2.07. The number of rotatable bonds is 8. The third-order valence-electron chi connectivity index (χ3n) is 3.54. The molecular formula is C19H20IN3O4. The summed E-state index contributed by atoms with van der Waals surface area (Å²) in [4.78, 5) is 23.7. The Kier molecular flexibility index (Phi) is 8.05. The second-order valence-electron chi connectivity index (χ2n) is 5.46. The Hall–Kier alpha value is -2.62. The van der Waals surface area contributed by atoms with E-state index >= 15 is 0 Å². The lowest BCUT2D eigenvalue weighted by Gasteiger charge is -2.07. The molecule has 0 heterocycles. The van der Waals surface area contributed by atoms with Gasteiger partial charge in [0, 0.05) is 33.7 Å². The molecule has 2 aromatic rings. The highest BCUT2D eigenvalue weighted by Crippen LogP contribution is 2.23. The van der Waals surface area contributed by atoms with Gasteiger partial charge in [-0.05, 0) is 59.0 Å². The van der Waals surface area contributed by atoms with Crippen LogP contribution in [0, 0.1) is 3.57 Å². The Morgan fingerprint density at radius 2 is 1.74 bits per heavy atom. The number of hydrogen-bond acceptors (Lipinski definition) is 5. The Morgan fingerprint density at radius 1 is 1.04 bits per heavy atom. The Balaban J connectivity index is 1.79. The number of methoxy groups -OCH3 is 2. The number of halogens is 1. The van der Waals surface area contributed by atoms with Crippen LogP contribution in [0.15, 0.2) is 47.6 Å². The van der Waals surface area contributed by atoms with Gasteiger partial charge >= 0.3 is 0 Å². The molecule has 2 aromatic carbocycles. The van der Waals surface area contributed by atoms with Crippen molar-refractivity contribution in [3.05, 3.63) is 51.6 Å². The van der Waals surface area contributed by atoms with Crippen molar-refractivity contribution in [2.75, 3.05) is 19.5 Å². The normalized spacial score (nSPS) is 10.5. The number of carbonyl (C=O) groups excluding carboxylic acids is 2. The molecule has 0 atom stereocenters. The first-order valence-electron chi connectivity index (χ1n) is 8.11. The highest BCUT2D eigenvalue weighted by atomic mass is 127. The number of carbonyl (C=O) groups is 2. The first-order chi connectivity index (χ1) is 13.0. The lowest BCUT2D eigenvalue weighted by Crippen LogP contribution is -2.20. The summed E-state index contributed by atoms with van der Waals surface area (Å²) >= 11 is 2.19. The molecule has 2 rings (SSSR count). The minimum absolute atomic E-state index is 0.0350. The van der Waals surface area contributed by atoms with E-state index in [1.165, 1.54) is 13.3 Å². The van der Waals surface area contributed by atoms with Crippen LogP contribution in [0.3, 0.4) is 0 Å². The lowest BCUT2D eigenvalue weighted by atomic mass is 10.2. The SMILES string of the molecule is COc1ccc(/C=N/NC(=O)CCC(=O)Nc2ccc(I)cc2)c(OC)c1. The summed E-state index contributed by atoms with van der Waals surface area (Å²) in [5.74, 6) is 0.653. The zero-order valence-corrected chi connectivity index (χ0v) is 17.1. The van der Waals surface area contributed by atoms with Gasteiger partial charge in [0.25, 0.3) is 0 Å². The fourth-order valence-electron chi connectivity index (χ4n) is 2.14. The van der Waals surface area contributed by atoms with Crippen molar-refractivity contribution in [3.8, 4) is 11.5 Å². The molecule has 0 spiro atoms. The van der Waals surface area contributed by atoms with E-state index in [0.717, 1.165) is 3.57 Å². The number of anilines is 1. The van der Waals surface area contributed by atoms with E-state index in [9.17, 15) is 9.59 Å². The second-order valence-corrected chi connectivity index (χ2v) is 6.70. The fourth-order valence-corrected chi connectivity index (χ4v) is 2.50. The molecule has 27 heavy (non-hydrogen) atoms. The van der Waals surface area contributed by atoms with E-state index in [-0.39, 0.29) is 24.7 Å². The Morgan fingerprint density at radius 3 is 2.41 bits per heavy atom. The largest absolute Gasteiger partial charge is 0.497 e. The van der Waals surface area contributed by atoms with Gasteiger partial charge in [-0.25, -0.2) is 5.43 Å². The van der Waals surface area contributed by atoms with Crippen molar-refractivity contribution in [3.63, 3.8) is 0 Å². The van der Waals surface area contributed by atoms with Gasteiger partial charge in [0.1, 0.15) is 11.5 Å². The molecule has 7 nitrogen and oxygen atoms in total. The standard InChI is InChI=1S/C19H20IN3O4/c1-26-16-8-3-13(17(11-16)27-2)12-21-23-19(25)10-9-18(24)22-15-6-4-14(20)5-7-15/h3-8,11-12H,9-10H2,1-2H3,(H,22,24)(H,23,25)/b21-12+. The molecule has 0 bridgehead atoms. The van der Waals surface area contributed by atoms with Crippen molar-refractivity contribution >= 4 is 46.3 Å². The number of nitrogens with zero attached hydrogens (tertiary/aromatic N) is 1. The van der Waals surface area contributed by atoms with Gasteiger partial charge in [0.2, 0.25) is 11.8 Å². The van der Waals surface area contributed by atoms with E-state index in [1.54, 1.807) is 25.3 Å². The molecule has 0 saturated heterocycles. The first kappa shape index (κ1) is 20.7. The molecule has 0 fully saturated rings. The molecule has 8 heteroatoms. The van der Waals surface area contributed by atoms with Gasteiger partial charge in [0.05, 0.1) is 20.4 Å². The first-order valence-corrected chi connectivity index (χ1v) is 9.19. The van der Waals surface area contributed by atoms with Gasteiger partial charge in [-0.1, -0.05) is 0 Å². The molecule has 2 N–H and O–H groups in total. The minimum Gasteiger partial charge on any atom is -0.497 e. The average molecular weight is 481 g/mol. The maximum absolute atomic E-state index is 11.9. The van der Waals surface area contributed by atoms with Gasteiger partial charge < -0.3 is 14.8 Å². The number of hydrazone groups is 1. The predicted molar refractivity (Wildman–Crippen MR) is 112 cm³/mol. The molecule has 2 amide bonds. The maximum atomic E-state index is 11.9. The molecule has 0 radical (unpaired) electrons. The van der Waals surface area contributed by atoms with Crippen molar-refractivity contribution in [2.45, 2.75) is 12.8 Å². The molecule has 0 aliphatic carbocycles. The van der Waals surface area contributed by atoms with Crippen LogP contribution in [0.4, 0.5) is 5.69 Å². The lowest BCUT2D eigenvalue weighted by molar-refractivity contribution is -0.124. The smallest absolute Gasteiger partial charge is 0.240 e. The van der Waals surface area contributed by atoms with Crippen LogP contribution < -0.4 is 20.2 Å². The summed E-state index contributed by atoms with van der Waals surface area (Å²) in [7, 11) is 3.11. The summed E-state index contributed by atoms with van der Waals surface area (Å²) in [6.07, 6.45) is 1.58. The number of ether oxygens (including phenoxy) is 2. The van der Waals surface area contributed by atoms with Crippen molar-refractivity contribution in [1.29, 1.82) is 0 Å². The summed E-state index contributed by atoms with van der Waals surface area (Å²) in [5.41, 5.74) is 3.79. The Bertz CT molecular complexity index is 822. The van der Waals surface area contributed by atoms with Crippen molar-refractivity contribution in [1.82, 2.24) is 5.43 Å². The van der Waals surface area contributed by atoms with Crippen LogP contribution in [0.2, 0.25) is 0 Å². The predicted octanol–water partition coefficient (Wildman–Crippen LogP) is 3.18. The van der Waals surface area contributed by atoms with Crippen LogP contribution >= 0.6 is 22.6 Å². The highest BCUT2D eigenvalue weighted by molar-refractivity contribution is 14.1. The summed E-state index contributed by atoms with van der Waals surface area (Å²) in [6.45, 7) is 0. The third kappa shape index (κ3) is 6.89. The maximum Gasteiger partial charge on any atom is 0.240 e. The molecule has 0 aliphatic rings. The molecule has 0 unspecified atom stereocenters. The number of benzene rings is 2. The van der Waals surface area contributed by atoms with E-state index in [1.807, 2.05) is 24.3 Å². The van der Waals surface area contributed by atoms with Gasteiger partial charge in [0.15, 0.2) is 0 Å². The monoisotopic (exact) mass is 481 g/mol. The molecule has 0 aliphatic heterocycles. The zero-order valence-electron chi connectivity index (χ0n) is 15.0. The minimum atomic E-state index is -0.350. The zero-order chi connectivity index (χ0) is 19.6. The van der Waals surface area contributed by atoms with Crippen LogP contribution in [-0.4, -0.2) is 32.2 Å². The van der Waals surface area contributed by atoms with E-state index in [0.29, 0.717) is 22.7 Å². The average Bonchev–Trinajstić information content (AvgIpc) is 2.68. The molecule has 142 valence electrons. The molecular weight excluding hydrogens is 461 g/mol. The summed E-state index contributed by atoms with van der Waals surface area (Å²) in [5, 5.41) is 6.64. The number of amides is 2. The summed E-state index contributed by atoms with van der Waals surface area (Å²) < 4.78 is 11.5. The molecule has 0 aromatic heterocycles. The van der Waals surface area contributed by atoms with Crippen molar-refractivity contribution in [2.24, 2.45) is 5.10 Å². The van der Waals surface area contributed by atoms with Gasteiger partial charge in [-0.3, -0.25) is 9.59 Å². The fraction of sp³-hybridized carbons (Fsp3) is 0.211. The van der Waals surface area contributed by atoms with E-state index < -0.39 is 0 Å². The van der Waals surface area contributed by atoms with E-state index in [4.69, 9.17) is 9.47 Å². The van der Waals surface area contributed by atoms with Crippen LogP contribution in [-0.2, 0) is 9.59 Å². The number of hydrogen-bond donors (Lipinski definition) is 2. The van der Waals surface area contributed by atoms with Gasteiger partial charge in [-0.2, -0.15) is 5.10 Å². The van der Waals surface area contributed by atoms with Crippen LogP contribution in [0.5, 0.6) is 11.5 Å². The van der Waals surface area contributed by atoms with Crippen LogP contribution in [0.1, 0.15) is 18.4 Å². The number of nitrogens with one attached hydrogen (secondary N) is 2. The van der Waals surface area contributed by atoms with Crippen LogP contribution in [0.25, 0.3) is 0 Å². The van der Waals surface area contributed by atoms with Gasteiger partial charge in [-0.15, -0.1) is 0 Å². The molecule has 0 saturated carbocycles. The Labute approximate surface area is 171 Å². The topological polar surface area (TPSA) is 89.0 Å². The van der Waals surface area contributed by atoms with Crippen molar-refractivity contribution < 1.29 is 19.1 Å². The van der Waals surface area contributed by atoms with E-state index in [2.05, 4.69) is 38.4 Å². The third-order valence-corrected chi connectivity index (χ3v) is 4.26. The second kappa shape index (κ2) is 10.5. The summed E-state index contributed by atoms with van der Waals surface area (Å²) in [6, 6.07) is 12.7.